The minimum Gasteiger partial charge on any atom is -0.493 e. The minimum atomic E-state index is -4.39. The van der Waals surface area contributed by atoms with Gasteiger partial charge in [-0.3, -0.25) is 0 Å². The van der Waals surface area contributed by atoms with Crippen LogP contribution in [0.5, 0.6) is 11.5 Å². The zero-order valence-electron chi connectivity index (χ0n) is 18.7. The fourth-order valence-electron chi connectivity index (χ4n) is 3.86. The topological polar surface area (TPSA) is 59.5 Å². The largest absolute Gasteiger partial charge is 0.493 e. The number of nitrogens with zero attached hydrogens (tertiary/aromatic N) is 3. The third kappa shape index (κ3) is 5.08. The molecule has 1 aliphatic rings. The van der Waals surface area contributed by atoms with Crippen molar-refractivity contribution < 1.29 is 22.6 Å². The number of benzene rings is 2. The Bertz CT molecular complexity index is 1190. The summed E-state index contributed by atoms with van der Waals surface area (Å²) >= 11 is 0. The van der Waals surface area contributed by atoms with Gasteiger partial charge in [0, 0.05) is 48.8 Å². The third-order valence-electron chi connectivity index (χ3n) is 5.77. The summed E-state index contributed by atoms with van der Waals surface area (Å²) in [5.74, 6) is 1.56. The Labute approximate surface area is 195 Å². The molecule has 1 aliphatic heterocycles. The van der Waals surface area contributed by atoms with Crippen LogP contribution in [0.4, 0.5) is 24.7 Å². The van der Waals surface area contributed by atoms with E-state index in [9.17, 15) is 13.2 Å². The highest BCUT2D eigenvalue weighted by molar-refractivity contribution is 5.93. The second-order valence-corrected chi connectivity index (χ2v) is 7.94. The molecule has 178 valence electrons. The Hall–Kier alpha value is -3.75. The maximum atomic E-state index is 12.9. The first-order chi connectivity index (χ1) is 16.3. The number of piperidine rings is 1. The van der Waals surface area contributed by atoms with Crippen molar-refractivity contribution in [1.29, 1.82) is 0 Å². The Morgan fingerprint density at radius 1 is 1.12 bits per heavy atom. The summed E-state index contributed by atoms with van der Waals surface area (Å²) < 4.78 is 50.4. The molecule has 0 radical (unpaired) electrons. The van der Waals surface area contributed by atoms with Gasteiger partial charge in [0.05, 0.1) is 18.2 Å². The molecule has 0 aliphatic carbocycles. The summed E-state index contributed by atoms with van der Waals surface area (Å²) in [5, 5.41) is 3.74. The summed E-state index contributed by atoms with van der Waals surface area (Å²) in [6.45, 7) is 9.40. The number of hydrogen-bond acceptors (Lipinski definition) is 6. The van der Waals surface area contributed by atoms with Crippen molar-refractivity contribution in [2.24, 2.45) is 0 Å². The van der Waals surface area contributed by atoms with Crippen LogP contribution in [0.15, 0.2) is 67.7 Å². The van der Waals surface area contributed by atoms with Crippen molar-refractivity contribution in [1.82, 2.24) is 14.9 Å². The molecule has 0 unspecified atom stereocenters. The smallest absolute Gasteiger partial charge is 0.416 e. The van der Waals surface area contributed by atoms with Crippen LogP contribution < -0.4 is 14.8 Å². The highest BCUT2D eigenvalue weighted by atomic mass is 19.4. The minimum absolute atomic E-state index is 0.00355. The predicted octanol–water partition coefficient (Wildman–Crippen LogP) is 5.94. The molecule has 6 nitrogen and oxygen atoms in total. The first-order valence-electron chi connectivity index (χ1n) is 10.8. The quantitative estimate of drug-likeness (QED) is 0.431. The van der Waals surface area contributed by atoms with E-state index in [0.717, 1.165) is 43.8 Å². The van der Waals surface area contributed by atoms with Crippen LogP contribution in [0.1, 0.15) is 18.4 Å². The van der Waals surface area contributed by atoms with Crippen molar-refractivity contribution in [3.8, 4) is 11.5 Å². The van der Waals surface area contributed by atoms with Gasteiger partial charge in [0.2, 0.25) is 0 Å². The molecule has 0 saturated carbocycles. The molecule has 0 bridgehead atoms. The van der Waals surface area contributed by atoms with Gasteiger partial charge in [-0.2, -0.15) is 13.2 Å². The fourth-order valence-corrected chi connectivity index (χ4v) is 3.86. The maximum Gasteiger partial charge on any atom is 0.416 e. The molecule has 2 aromatic carbocycles. The monoisotopic (exact) mass is 470 g/mol. The predicted molar refractivity (Wildman–Crippen MR) is 125 cm³/mol. The average molecular weight is 470 g/mol. The van der Waals surface area contributed by atoms with Gasteiger partial charge in [-0.15, -0.1) is 0 Å². The van der Waals surface area contributed by atoms with Gasteiger partial charge in [0.25, 0.3) is 0 Å². The molecule has 0 spiro atoms. The van der Waals surface area contributed by atoms with Crippen molar-refractivity contribution in [3.63, 3.8) is 0 Å². The molecular weight excluding hydrogens is 445 g/mol. The molecule has 2 heterocycles. The molecule has 1 saturated heterocycles. The van der Waals surface area contributed by atoms with E-state index < -0.39 is 11.7 Å². The second kappa shape index (κ2) is 9.62. The number of ether oxygens (including phenoxy) is 2. The van der Waals surface area contributed by atoms with Crippen molar-refractivity contribution in [3.05, 3.63) is 73.2 Å². The fraction of sp³-hybridized carbons (Fsp3) is 0.280. The molecular formula is C25H25F3N4O2. The first kappa shape index (κ1) is 23.4. The van der Waals surface area contributed by atoms with Gasteiger partial charge in [0.15, 0.2) is 11.5 Å². The number of methoxy groups -OCH3 is 1. The summed E-state index contributed by atoms with van der Waals surface area (Å²) in [6.07, 6.45) is 0.371. The average Bonchev–Trinajstić information content (AvgIpc) is 2.84. The number of rotatable bonds is 7. The number of likely N-dealkylation sites (tertiary alicyclic amines) is 1. The number of alkyl halides is 3. The number of nitrogens with one attached hydrogen (secondary N) is 1. The van der Waals surface area contributed by atoms with Crippen molar-refractivity contribution in [2.75, 3.05) is 25.5 Å². The van der Waals surface area contributed by atoms with E-state index in [1.807, 2.05) is 0 Å². The number of anilines is 2. The summed E-state index contributed by atoms with van der Waals surface area (Å²) in [5.41, 5.74) is 1.28. The second-order valence-electron chi connectivity index (χ2n) is 7.94. The molecule has 34 heavy (non-hydrogen) atoms. The number of fused-ring (bicyclic) bond motifs is 1. The van der Waals surface area contributed by atoms with Gasteiger partial charge in [0.1, 0.15) is 18.2 Å². The van der Waals surface area contributed by atoms with Crippen LogP contribution in [-0.4, -0.2) is 41.2 Å². The van der Waals surface area contributed by atoms with Crippen LogP contribution in [0.3, 0.4) is 0 Å². The van der Waals surface area contributed by atoms with E-state index in [2.05, 4.69) is 33.3 Å². The van der Waals surface area contributed by atoms with E-state index in [0.29, 0.717) is 33.9 Å². The van der Waals surface area contributed by atoms with E-state index in [-0.39, 0.29) is 6.10 Å². The van der Waals surface area contributed by atoms with E-state index in [1.54, 1.807) is 25.3 Å². The third-order valence-corrected chi connectivity index (χ3v) is 5.77. The van der Waals surface area contributed by atoms with Crippen molar-refractivity contribution >= 4 is 22.4 Å². The highest BCUT2D eigenvalue weighted by Crippen LogP contribution is 2.37. The molecule has 4 rings (SSSR count). The zero-order chi connectivity index (χ0) is 24.3. The summed E-state index contributed by atoms with van der Waals surface area (Å²) in [4.78, 5) is 10.8. The zero-order valence-corrected chi connectivity index (χ0v) is 18.7. The van der Waals surface area contributed by atoms with E-state index in [4.69, 9.17) is 9.47 Å². The van der Waals surface area contributed by atoms with Gasteiger partial charge in [-0.25, -0.2) is 9.97 Å². The lowest BCUT2D eigenvalue weighted by Gasteiger charge is -2.34. The summed E-state index contributed by atoms with van der Waals surface area (Å²) in [7, 11) is 1.56. The Morgan fingerprint density at radius 2 is 1.82 bits per heavy atom. The van der Waals surface area contributed by atoms with Crippen LogP contribution >= 0.6 is 0 Å². The van der Waals surface area contributed by atoms with Crippen LogP contribution in [0, 0.1) is 0 Å². The Morgan fingerprint density at radius 3 is 2.44 bits per heavy atom. The van der Waals surface area contributed by atoms with Crippen molar-refractivity contribution in [2.45, 2.75) is 25.1 Å². The standard InChI is InChI=1S/C25H25F3N4O2/c1-4-16(2)32-11-9-19(10-12-32)34-23-13-20-21(14-22(23)33-3)29-15-30-24(20)31-18-7-5-17(6-8-18)25(26,27)28/h4-8,13-15,19H,1-2,9-12H2,3H3,(H,29,30,31). The molecule has 9 heteroatoms. The normalized spacial score (nSPS) is 14.6. The molecule has 3 aromatic rings. The molecule has 1 N–H and O–H groups in total. The molecule has 1 fully saturated rings. The van der Waals surface area contributed by atoms with Crippen LogP contribution in [0.25, 0.3) is 10.9 Å². The molecule has 0 amide bonds. The number of hydrogen-bond donors (Lipinski definition) is 1. The van der Waals surface area contributed by atoms with E-state index in [1.165, 1.54) is 18.5 Å². The van der Waals surface area contributed by atoms with Gasteiger partial charge >= 0.3 is 6.18 Å². The Balaban J connectivity index is 1.57. The lowest BCUT2D eigenvalue weighted by molar-refractivity contribution is -0.137. The number of aromatic nitrogens is 2. The van der Waals surface area contributed by atoms with Gasteiger partial charge in [-0.1, -0.05) is 13.2 Å². The molecule has 0 atom stereocenters. The van der Waals surface area contributed by atoms with Crippen LogP contribution in [-0.2, 0) is 6.18 Å². The Kier molecular flexibility index (Phi) is 6.63. The number of halogens is 3. The highest BCUT2D eigenvalue weighted by Gasteiger charge is 2.30. The van der Waals surface area contributed by atoms with E-state index >= 15 is 0 Å². The van der Waals surface area contributed by atoms with Crippen LogP contribution in [0.2, 0.25) is 0 Å². The summed E-state index contributed by atoms with van der Waals surface area (Å²) in [6, 6.07) is 8.34. The van der Waals surface area contributed by atoms with Gasteiger partial charge in [-0.05, 0) is 36.4 Å². The maximum absolute atomic E-state index is 12.9. The van der Waals surface area contributed by atoms with Gasteiger partial charge < -0.3 is 19.7 Å². The lowest BCUT2D eigenvalue weighted by Crippen LogP contribution is -2.37. The lowest BCUT2D eigenvalue weighted by atomic mass is 10.1. The number of allylic oxidation sites excluding steroid dienone is 1. The first-order valence-corrected chi connectivity index (χ1v) is 10.8. The molecule has 1 aromatic heterocycles. The SMILES string of the molecule is C=CC(=C)N1CCC(Oc2cc3c(Nc4ccc(C(F)(F)F)cc4)ncnc3cc2OC)CC1.